The van der Waals surface area contributed by atoms with E-state index in [1.54, 1.807) is 6.20 Å². The summed E-state index contributed by atoms with van der Waals surface area (Å²) >= 11 is 0. The largest absolute Gasteiger partial charge is 0.370 e. The first kappa shape index (κ1) is 16.3. The molecule has 5 nitrogen and oxygen atoms in total. The summed E-state index contributed by atoms with van der Waals surface area (Å²) < 4.78 is 0. The van der Waals surface area contributed by atoms with Crippen LogP contribution in [0.25, 0.3) is 0 Å². The summed E-state index contributed by atoms with van der Waals surface area (Å²) in [6.07, 6.45) is 6.72. The zero-order valence-electron chi connectivity index (χ0n) is 12.9. The number of aliphatic imine (C=N–C) groups is 1. The Hall–Kier alpha value is -1.78. The molecule has 0 amide bonds. The Balaban J connectivity index is 2.36. The molecule has 0 saturated carbocycles. The Bertz CT molecular complexity index is 414. The van der Waals surface area contributed by atoms with E-state index in [-0.39, 0.29) is 0 Å². The maximum atomic E-state index is 5.85. The predicted octanol–water partition coefficient (Wildman–Crippen LogP) is 2.13. The number of nitrogens with zero attached hydrogens (tertiary/aromatic N) is 3. The second kappa shape index (κ2) is 9.18. The standard InChI is InChI=1S/C15H27N5/c1-4-5-6-7-9-18-15(16)19-12-13-8-10-17-14(11-13)20(2)3/h8,10-11H,4-7,9,12H2,1-3H3,(H3,16,18,19). The van der Waals surface area contributed by atoms with Crippen LogP contribution in [0.4, 0.5) is 5.82 Å². The number of hydrogen-bond donors (Lipinski definition) is 2. The van der Waals surface area contributed by atoms with Crippen LogP contribution in [0.5, 0.6) is 0 Å². The van der Waals surface area contributed by atoms with Gasteiger partial charge in [0.15, 0.2) is 5.96 Å². The summed E-state index contributed by atoms with van der Waals surface area (Å²) in [7, 11) is 3.95. The van der Waals surface area contributed by atoms with E-state index < -0.39 is 0 Å². The molecule has 0 bridgehead atoms. The van der Waals surface area contributed by atoms with Gasteiger partial charge in [0.25, 0.3) is 0 Å². The van der Waals surface area contributed by atoms with Gasteiger partial charge in [0.05, 0.1) is 6.54 Å². The number of rotatable bonds is 8. The lowest BCUT2D eigenvalue weighted by Crippen LogP contribution is -2.32. The number of unbranched alkanes of at least 4 members (excludes halogenated alkanes) is 3. The number of anilines is 1. The molecule has 0 aliphatic carbocycles. The molecule has 0 aliphatic rings. The van der Waals surface area contributed by atoms with E-state index in [0.717, 1.165) is 24.3 Å². The highest BCUT2D eigenvalue weighted by Crippen LogP contribution is 2.10. The van der Waals surface area contributed by atoms with E-state index in [4.69, 9.17) is 5.73 Å². The number of pyridine rings is 1. The Labute approximate surface area is 122 Å². The molecule has 0 aliphatic heterocycles. The van der Waals surface area contributed by atoms with E-state index in [9.17, 15) is 0 Å². The quantitative estimate of drug-likeness (QED) is 0.434. The minimum atomic E-state index is 0.518. The maximum absolute atomic E-state index is 5.85. The lowest BCUT2D eigenvalue weighted by Gasteiger charge is -2.11. The molecular formula is C15H27N5. The zero-order chi connectivity index (χ0) is 14.8. The van der Waals surface area contributed by atoms with Crippen molar-refractivity contribution in [3.8, 4) is 0 Å². The third-order valence-electron chi connectivity index (χ3n) is 3.04. The number of guanidine groups is 1. The van der Waals surface area contributed by atoms with Crippen molar-refractivity contribution >= 4 is 11.8 Å². The van der Waals surface area contributed by atoms with E-state index in [0.29, 0.717) is 12.5 Å². The predicted molar refractivity (Wildman–Crippen MR) is 86.0 cm³/mol. The molecule has 1 aromatic heterocycles. The van der Waals surface area contributed by atoms with Crippen LogP contribution >= 0.6 is 0 Å². The van der Waals surface area contributed by atoms with Gasteiger partial charge in [0.1, 0.15) is 5.82 Å². The highest BCUT2D eigenvalue weighted by molar-refractivity contribution is 5.77. The molecule has 1 heterocycles. The Kier molecular flexibility index (Phi) is 7.47. The molecule has 1 aromatic rings. The molecule has 0 radical (unpaired) electrons. The van der Waals surface area contributed by atoms with Gasteiger partial charge in [-0.15, -0.1) is 0 Å². The van der Waals surface area contributed by atoms with Gasteiger partial charge in [0, 0.05) is 26.8 Å². The average Bonchev–Trinajstić information content (AvgIpc) is 2.45. The maximum Gasteiger partial charge on any atom is 0.188 e. The number of aromatic nitrogens is 1. The fourth-order valence-electron chi connectivity index (χ4n) is 1.80. The van der Waals surface area contributed by atoms with Gasteiger partial charge in [-0.2, -0.15) is 0 Å². The molecule has 5 heteroatoms. The molecule has 3 N–H and O–H groups in total. The zero-order valence-corrected chi connectivity index (χ0v) is 12.9. The smallest absolute Gasteiger partial charge is 0.188 e. The van der Waals surface area contributed by atoms with Crippen molar-refractivity contribution in [3.05, 3.63) is 23.9 Å². The lowest BCUT2D eigenvalue weighted by atomic mass is 10.2. The minimum Gasteiger partial charge on any atom is -0.370 e. The summed E-state index contributed by atoms with van der Waals surface area (Å²) in [6.45, 7) is 3.69. The molecule has 1 rings (SSSR count). The number of hydrogen-bond acceptors (Lipinski definition) is 3. The third kappa shape index (κ3) is 6.41. The van der Waals surface area contributed by atoms with Crippen molar-refractivity contribution in [2.75, 3.05) is 25.5 Å². The van der Waals surface area contributed by atoms with E-state index in [1.165, 1.54) is 19.3 Å². The van der Waals surface area contributed by atoms with Gasteiger partial charge < -0.3 is 16.0 Å². The van der Waals surface area contributed by atoms with E-state index in [1.807, 2.05) is 31.1 Å². The van der Waals surface area contributed by atoms with Crippen molar-refractivity contribution in [3.63, 3.8) is 0 Å². The van der Waals surface area contributed by atoms with E-state index >= 15 is 0 Å². The Morgan fingerprint density at radius 1 is 1.35 bits per heavy atom. The Morgan fingerprint density at radius 2 is 2.15 bits per heavy atom. The summed E-state index contributed by atoms with van der Waals surface area (Å²) in [4.78, 5) is 10.6. The molecule has 0 saturated heterocycles. The molecule has 0 spiro atoms. The lowest BCUT2D eigenvalue weighted by molar-refractivity contribution is 0.652. The number of nitrogens with one attached hydrogen (secondary N) is 1. The molecule has 20 heavy (non-hydrogen) atoms. The van der Waals surface area contributed by atoms with Gasteiger partial charge in [-0.25, -0.2) is 9.98 Å². The van der Waals surface area contributed by atoms with Crippen LogP contribution in [0, 0.1) is 0 Å². The molecule has 0 unspecified atom stereocenters. The first-order chi connectivity index (χ1) is 9.63. The highest BCUT2D eigenvalue weighted by atomic mass is 15.1. The fourth-order valence-corrected chi connectivity index (χ4v) is 1.80. The van der Waals surface area contributed by atoms with Crippen LogP contribution in [-0.4, -0.2) is 31.6 Å². The summed E-state index contributed by atoms with van der Waals surface area (Å²) in [6, 6.07) is 3.99. The normalized spacial score (nSPS) is 11.4. The summed E-state index contributed by atoms with van der Waals surface area (Å²) in [5.74, 6) is 1.45. The fraction of sp³-hybridized carbons (Fsp3) is 0.600. The average molecular weight is 277 g/mol. The Morgan fingerprint density at radius 3 is 2.85 bits per heavy atom. The van der Waals surface area contributed by atoms with Gasteiger partial charge in [-0.1, -0.05) is 26.2 Å². The number of nitrogens with two attached hydrogens (primary N) is 1. The van der Waals surface area contributed by atoms with Crippen LogP contribution in [-0.2, 0) is 6.54 Å². The third-order valence-corrected chi connectivity index (χ3v) is 3.04. The van der Waals surface area contributed by atoms with Gasteiger partial charge in [-0.05, 0) is 24.1 Å². The first-order valence-electron chi connectivity index (χ1n) is 7.29. The van der Waals surface area contributed by atoms with Crippen LogP contribution in [0.1, 0.15) is 38.2 Å². The minimum absolute atomic E-state index is 0.518. The van der Waals surface area contributed by atoms with Crippen LogP contribution in [0.3, 0.4) is 0 Å². The van der Waals surface area contributed by atoms with Crippen molar-refractivity contribution in [1.82, 2.24) is 10.3 Å². The topological polar surface area (TPSA) is 66.5 Å². The van der Waals surface area contributed by atoms with Crippen LogP contribution in [0.2, 0.25) is 0 Å². The molecular weight excluding hydrogens is 250 g/mol. The van der Waals surface area contributed by atoms with Crippen molar-refractivity contribution in [2.45, 2.75) is 39.2 Å². The second-order valence-electron chi connectivity index (χ2n) is 5.11. The van der Waals surface area contributed by atoms with Gasteiger partial charge in [0.2, 0.25) is 0 Å². The second-order valence-corrected chi connectivity index (χ2v) is 5.11. The van der Waals surface area contributed by atoms with Crippen molar-refractivity contribution < 1.29 is 0 Å². The van der Waals surface area contributed by atoms with E-state index in [2.05, 4.69) is 22.2 Å². The SMILES string of the molecule is CCCCCCNC(N)=NCc1ccnc(N(C)C)c1. The van der Waals surface area contributed by atoms with Crippen LogP contribution < -0.4 is 16.0 Å². The summed E-state index contributed by atoms with van der Waals surface area (Å²) in [5.41, 5.74) is 6.96. The molecule has 0 aromatic carbocycles. The van der Waals surface area contributed by atoms with Gasteiger partial charge >= 0.3 is 0 Å². The molecule has 112 valence electrons. The van der Waals surface area contributed by atoms with Crippen molar-refractivity contribution in [1.29, 1.82) is 0 Å². The molecule has 0 fully saturated rings. The monoisotopic (exact) mass is 277 g/mol. The van der Waals surface area contributed by atoms with Crippen LogP contribution in [0.15, 0.2) is 23.3 Å². The molecule has 0 atom stereocenters. The van der Waals surface area contributed by atoms with Gasteiger partial charge in [-0.3, -0.25) is 0 Å². The first-order valence-corrected chi connectivity index (χ1v) is 7.29. The summed E-state index contributed by atoms with van der Waals surface area (Å²) in [5, 5.41) is 3.15. The van der Waals surface area contributed by atoms with Crippen molar-refractivity contribution in [2.24, 2.45) is 10.7 Å². The highest BCUT2D eigenvalue weighted by Gasteiger charge is 1.99.